The molecule has 1 heterocycles. The van der Waals surface area contributed by atoms with Crippen molar-refractivity contribution in [2.75, 3.05) is 32.6 Å². The maximum absolute atomic E-state index is 10.6. The largest absolute Gasteiger partial charge is 0.340 e. The van der Waals surface area contributed by atoms with E-state index in [1.165, 1.54) is 0 Å². The van der Waals surface area contributed by atoms with Crippen LogP contribution in [0.5, 0.6) is 0 Å². The second-order valence-corrected chi connectivity index (χ2v) is 6.81. The van der Waals surface area contributed by atoms with E-state index in [-0.39, 0.29) is 5.91 Å². The lowest BCUT2D eigenvalue weighted by Gasteiger charge is -2.38. The number of rotatable bonds is 1. The molecule has 19 heavy (non-hydrogen) atoms. The molecule has 1 aliphatic rings. The predicted molar refractivity (Wildman–Crippen MR) is 70.0 cm³/mol. The zero-order chi connectivity index (χ0) is 15.9. The summed E-state index contributed by atoms with van der Waals surface area (Å²) in [6.45, 7) is 3.36. The first-order valence-corrected chi connectivity index (χ1v) is 8.71. The molecular weight excluding hydrogens is 300 g/mol. The van der Waals surface area contributed by atoms with Gasteiger partial charge in [-0.1, -0.05) is 0 Å². The van der Waals surface area contributed by atoms with Gasteiger partial charge in [0.2, 0.25) is 5.91 Å². The summed E-state index contributed by atoms with van der Waals surface area (Å²) >= 11 is 0. The van der Waals surface area contributed by atoms with Crippen molar-refractivity contribution in [3.8, 4) is 0 Å². The fourth-order valence-corrected chi connectivity index (χ4v) is 0.918. The van der Waals surface area contributed by atoms with Gasteiger partial charge in [0.25, 0.3) is 20.2 Å². The van der Waals surface area contributed by atoms with E-state index in [4.69, 9.17) is 9.11 Å². The van der Waals surface area contributed by atoms with E-state index in [1.54, 1.807) is 6.92 Å². The van der Waals surface area contributed by atoms with Crippen molar-refractivity contribution in [3.05, 3.63) is 0 Å². The van der Waals surface area contributed by atoms with Crippen LogP contribution in [-0.4, -0.2) is 75.4 Å². The first-order chi connectivity index (χ1) is 8.24. The van der Waals surface area contributed by atoms with Crippen molar-refractivity contribution >= 4 is 26.1 Å². The second-order valence-electron chi connectivity index (χ2n) is 3.88. The average Bonchev–Trinajstić information content (AvgIpc) is 1.93. The summed E-state index contributed by atoms with van der Waals surface area (Å²) < 4.78 is 51.7. The number of nitrogens with one attached hydrogen (secondary N) is 1. The van der Waals surface area contributed by atoms with Crippen LogP contribution in [0.15, 0.2) is 0 Å². The molecule has 1 saturated heterocycles. The van der Waals surface area contributed by atoms with Gasteiger partial charge in [0.15, 0.2) is 0 Å². The van der Waals surface area contributed by atoms with E-state index in [0.29, 0.717) is 18.6 Å². The van der Waals surface area contributed by atoms with Crippen LogP contribution < -0.4 is 5.32 Å². The van der Waals surface area contributed by atoms with E-state index in [2.05, 4.69) is 5.32 Å². The third-order valence-corrected chi connectivity index (χ3v) is 1.74. The van der Waals surface area contributed by atoms with Crippen LogP contribution in [-0.2, 0) is 25.0 Å². The van der Waals surface area contributed by atoms with Crippen molar-refractivity contribution in [1.29, 1.82) is 0 Å². The number of likely N-dealkylation sites (tertiary alicyclic amines) is 1. The molecule has 9 nitrogen and oxygen atoms in total. The molecule has 1 fully saturated rings. The lowest BCUT2D eigenvalue weighted by atomic mass is 10.1. The molecule has 1 aliphatic heterocycles. The third-order valence-electron chi connectivity index (χ3n) is 1.74. The summed E-state index contributed by atoms with van der Waals surface area (Å²) in [6.07, 6.45) is 1.43. The topological polar surface area (TPSA) is 141 Å². The molecule has 3 N–H and O–H groups in total. The van der Waals surface area contributed by atoms with Crippen LogP contribution in [0.3, 0.4) is 0 Å². The van der Waals surface area contributed by atoms with Gasteiger partial charge in [-0.25, -0.2) is 0 Å². The summed E-state index contributed by atoms with van der Waals surface area (Å²) in [6, 6.07) is 0.536. The molecule has 0 aromatic rings. The Bertz CT molecular complexity index is 419. The molecular formula is C8H20N2O7S2. The third kappa shape index (κ3) is 22.9. The summed E-state index contributed by atoms with van der Waals surface area (Å²) in [7, 11) is -5.41. The standard InChI is InChI=1S/C6H12N2O.2CH4O3S/c1-5(9)8-3-6(4-8)7-2;2*1-5(2,3)4/h6-7H,3-4H2,1-2H3;2*1H3,(H,2,3,4). The quantitative estimate of drug-likeness (QED) is 0.493. The fourth-order valence-electron chi connectivity index (χ4n) is 0.918. The Hall–Kier alpha value is -0.750. The zero-order valence-electron chi connectivity index (χ0n) is 11.2. The molecule has 116 valence electrons. The van der Waals surface area contributed by atoms with Gasteiger partial charge in [-0.3, -0.25) is 13.9 Å². The Morgan fingerprint density at radius 2 is 1.37 bits per heavy atom. The van der Waals surface area contributed by atoms with Crippen LogP contribution in [0.1, 0.15) is 6.92 Å². The van der Waals surface area contributed by atoms with Gasteiger partial charge >= 0.3 is 0 Å². The molecule has 0 unspecified atom stereocenters. The highest BCUT2D eigenvalue weighted by molar-refractivity contribution is 7.85. The molecule has 0 aliphatic carbocycles. The van der Waals surface area contributed by atoms with E-state index < -0.39 is 20.2 Å². The highest BCUT2D eigenvalue weighted by atomic mass is 32.2. The van der Waals surface area contributed by atoms with Crippen molar-refractivity contribution in [2.45, 2.75) is 13.0 Å². The molecule has 0 radical (unpaired) electrons. The summed E-state index contributed by atoms with van der Waals surface area (Å²) in [5, 5.41) is 3.09. The summed E-state index contributed by atoms with van der Waals surface area (Å²) in [5.41, 5.74) is 0. The highest BCUT2D eigenvalue weighted by Gasteiger charge is 2.26. The SMILES string of the molecule is CNC1CN(C(C)=O)C1.CS(=O)(=O)O.CS(=O)(=O)O. The van der Waals surface area contributed by atoms with Crippen molar-refractivity contribution < 1.29 is 30.7 Å². The number of hydrogen-bond acceptors (Lipinski definition) is 6. The molecule has 0 aromatic heterocycles. The van der Waals surface area contributed by atoms with Crippen LogP contribution in [0.25, 0.3) is 0 Å². The number of likely N-dealkylation sites (N-methyl/N-ethyl adjacent to an activating group) is 1. The van der Waals surface area contributed by atoms with Gasteiger partial charge in [0.05, 0.1) is 12.5 Å². The molecule has 11 heteroatoms. The monoisotopic (exact) mass is 320 g/mol. The zero-order valence-corrected chi connectivity index (χ0v) is 12.8. The van der Waals surface area contributed by atoms with Crippen molar-refractivity contribution in [1.82, 2.24) is 10.2 Å². The Kier molecular flexibility index (Phi) is 9.12. The van der Waals surface area contributed by atoms with Gasteiger partial charge in [0, 0.05) is 26.1 Å². The first-order valence-electron chi connectivity index (χ1n) is 5.01. The Morgan fingerprint density at radius 3 is 1.53 bits per heavy atom. The lowest BCUT2D eigenvalue weighted by molar-refractivity contribution is -0.133. The molecule has 1 rings (SSSR count). The van der Waals surface area contributed by atoms with Gasteiger partial charge in [-0.15, -0.1) is 0 Å². The van der Waals surface area contributed by atoms with E-state index in [0.717, 1.165) is 13.1 Å². The smallest absolute Gasteiger partial charge is 0.261 e. The van der Waals surface area contributed by atoms with Gasteiger partial charge < -0.3 is 10.2 Å². The Morgan fingerprint density at radius 1 is 1.11 bits per heavy atom. The number of carbonyl (C=O) groups excluding carboxylic acids is 1. The molecule has 0 atom stereocenters. The average molecular weight is 320 g/mol. The van der Waals surface area contributed by atoms with E-state index in [1.807, 2.05) is 11.9 Å². The first kappa shape index (κ1) is 20.6. The van der Waals surface area contributed by atoms with Gasteiger partial charge in [-0.05, 0) is 7.05 Å². The predicted octanol–water partition coefficient (Wildman–Crippen LogP) is -1.56. The molecule has 0 saturated carbocycles. The normalized spacial score (nSPS) is 15.4. The number of hydrogen-bond donors (Lipinski definition) is 3. The van der Waals surface area contributed by atoms with Crippen LogP contribution >= 0.6 is 0 Å². The summed E-state index contributed by atoms with van der Waals surface area (Å²) in [4.78, 5) is 12.4. The Balaban J connectivity index is 0. The number of nitrogens with zero attached hydrogens (tertiary/aromatic N) is 1. The molecule has 0 bridgehead atoms. The maximum atomic E-state index is 10.6. The number of amides is 1. The maximum Gasteiger partial charge on any atom is 0.261 e. The van der Waals surface area contributed by atoms with Crippen molar-refractivity contribution in [3.63, 3.8) is 0 Å². The minimum atomic E-state index is -3.67. The minimum Gasteiger partial charge on any atom is -0.340 e. The van der Waals surface area contributed by atoms with E-state index in [9.17, 15) is 21.6 Å². The fraction of sp³-hybridized carbons (Fsp3) is 0.875. The van der Waals surface area contributed by atoms with Crippen LogP contribution in [0.4, 0.5) is 0 Å². The minimum absolute atomic E-state index is 0.182. The van der Waals surface area contributed by atoms with E-state index >= 15 is 0 Å². The Labute approximate surface area is 113 Å². The second kappa shape index (κ2) is 8.43. The van der Waals surface area contributed by atoms with Gasteiger partial charge in [0.1, 0.15) is 0 Å². The molecule has 1 amide bonds. The van der Waals surface area contributed by atoms with Crippen LogP contribution in [0.2, 0.25) is 0 Å². The molecule has 0 aromatic carbocycles. The number of carbonyl (C=O) groups is 1. The van der Waals surface area contributed by atoms with Gasteiger partial charge in [-0.2, -0.15) is 16.8 Å². The van der Waals surface area contributed by atoms with Crippen molar-refractivity contribution in [2.24, 2.45) is 0 Å². The van der Waals surface area contributed by atoms with Crippen LogP contribution in [0, 0.1) is 0 Å². The molecule has 0 spiro atoms. The lowest BCUT2D eigenvalue weighted by Crippen LogP contribution is -2.58. The highest BCUT2D eigenvalue weighted by Crippen LogP contribution is 2.05. The summed E-state index contributed by atoms with van der Waals surface area (Å²) in [5.74, 6) is 0.182.